The maximum atomic E-state index is 11.7. The van der Waals surface area contributed by atoms with Crippen LogP contribution >= 0.6 is 0 Å². The Morgan fingerprint density at radius 1 is 0.875 bits per heavy atom. The minimum atomic E-state index is -0.990. The molecular weight excluding hydrogens is 310 g/mol. The van der Waals surface area contributed by atoms with Crippen LogP contribution in [0.5, 0.6) is 0 Å². The average Bonchev–Trinajstić information content (AvgIpc) is 2.41. The Balaban J connectivity index is 5.17. The Morgan fingerprint density at radius 2 is 1.42 bits per heavy atom. The molecule has 0 aromatic carbocycles. The third-order valence-corrected chi connectivity index (χ3v) is 3.68. The van der Waals surface area contributed by atoms with Crippen LogP contribution in [0.1, 0.15) is 40.5 Å². The van der Waals surface area contributed by atoms with E-state index in [0.29, 0.717) is 19.5 Å². The van der Waals surface area contributed by atoms with Gasteiger partial charge < -0.3 is 24.9 Å². The quantitative estimate of drug-likeness (QED) is 0.601. The van der Waals surface area contributed by atoms with Crippen molar-refractivity contribution >= 4 is 12.2 Å². The summed E-state index contributed by atoms with van der Waals surface area (Å²) < 4.78 is 0. The van der Waals surface area contributed by atoms with Crippen molar-refractivity contribution in [3.63, 3.8) is 0 Å². The normalized spacial score (nSPS) is 12.7. The number of amides is 2. The van der Waals surface area contributed by atoms with E-state index in [1.165, 1.54) is 9.80 Å². The van der Waals surface area contributed by atoms with Crippen molar-refractivity contribution in [2.75, 3.05) is 40.3 Å². The summed E-state index contributed by atoms with van der Waals surface area (Å²) >= 11 is 0. The number of carboxylic acid groups (broad SMARTS) is 2. The van der Waals surface area contributed by atoms with Gasteiger partial charge in [-0.05, 0) is 45.3 Å². The van der Waals surface area contributed by atoms with Crippen molar-refractivity contribution in [1.29, 1.82) is 0 Å². The Labute approximate surface area is 146 Å². The lowest BCUT2D eigenvalue weighted by atomic mass is 10.1. The molecule has 0 radical (unpaired) electrons. The Hall–Kier alpha value is -1.50. The lowest BCUT2D eigenvalue weighted by molar-refractivity contribution is 0.0849. The van der Waals surface area contributed by atoms with E-state index in [1.807, 2.05) is 46.7 Å². The zero-order valence-electron chi connectivity index (χ0n) is 16.0. The maximum absolute atomic E-state index is 11.7. The van der Waals surface area contributed by atoms with Gasteiger partial charge in [-0.1, -0.05) is 27.7 Å². The molecule has 2 N–H and O–H groups in total. The molecule has 0 rings (SSSR count). The van der Waals surface area contributed by atoms with Gasteiger partial charge in [-0.25, -0.2) is 9.59 Å². The minimum Gasteiger partial charge on any atom is -0.465 e. The van der Waals surface area contributed by atoms with Crippen molar-refractivity contribution in [1.82, 2.24) is 14.7 Å². The van der Waals surface area contributed by atoms with Crippen LogP contribution in [0.25, 0.3) is 0 Å². The van der Waals surface area contributed by atoms with E-state index in [-0.39, 0.29) is 24.4 Å². The minimum absolute atomic E-state index is 0.195. The van der Waals surface area contributed by atoms with Gasteiger partial charge in [-0.3, -0.25) is 0 Å². The Bertz CT molecular complexity index is 386. The van der Waals surface area contributed by atoms with Crippen LogP contribution in [0.15, 0.2) is 0 Å². The first kappa shape index (κ1) is 22.5. The monoisotopic (exact) mass is 345 g/mol. The average molecular weight is 345 g/mol. The van der Waals surface area contributed by atoms with E-state index in [2.05, 4.69) is 0 Å². The summed E-state index contributed by atoms with van der Waals surface area (Å²) in [7, 11) is 3.95. The molecule has 0 saturated heterocycles. The molecule has 0 bridgehead atoms. The van der Waals surface area contributed by atoms with Gasteiger partial charge >= 0.3 is 12.2 Å². The molecule has 0 fully saturated rings. The van der Waals surface area contributed by atoms with Gasteiger partial charge in [0, 0.05) is 19.6 Å². The molecule has 0 unspecified atom stereocenters. The summed E-state index contributed by atoms with van der Waals surface area (Å²) in [4.78, 5) is 28.0. The Kier molecular flexibility index (Phi) is 10.4. The predicted molar refractivity (Wildman–Crippen MR) is 95.6 cm³/mol. The summed E-state index contributed by atoms with van der Waals surface area (Å²) in [6, 6.07) is -0.320. The van der Waals surface area contributed by atoms with E-state index in [1.54, 1.807) is 0 Å². The molecule has 0 heterocycles. The maximum Gasteiger partial charge on any atom is 0.407 e. The first-order valence-electron chi connectivity index (χ1n) is 8.66. The molecule has 2 amide bonds. The van der Waals surface area contributed by atoms with Crippen LogP contribution in [0.3, 0.4) is 0 Å². The lowest BCUT2D eigenvalue weighted by Crippen LogP contribution is -2.50. The van der Waals surface area contributed by atoms with Crippen molar-refractivity contribution in [3.8, 4) is 0 Å². The molecule has 0 aliphatic rings. The van der Waals surface area contributed by atoms with Crippen LogP contribution < -0.4 is 0 Å². The fourth-order valence-electron chi connectivity index (χ4n) is 2.69. The van der Waals surface area contributed by atoms with Crippen molar-refractivity contribution in [2.24, 2.45) is 11.8 Å². The molecule has 0 aliphatic carbocycles. The molecule has 0 aromatic rings. The topological polar surface area (TPSA) is 84.3 Å². The molecule has 0 aromatic heterocycles. The molecule has 0 saturated carbocycles. The predicted octanol–water partition coefficient (Wildman–Crippen LogP) is 2.97. The zero-order valence-corrected chi connectivity index (χ0v) is 16.0. The molecule has 7 nitrogen and oxygen atoms in total. The first-order chi connectivity index (χ1) is 11.0. The van der Waals surface area contributed by atoms with Crippen molar-refractivity contribution in [3.05, 3.63) is 0 Å². The van der Waals surface area contributed by atoms with Gasteiger partial charge in [0.25, 0.3) is 0 Å². The van der Waals surface area contributed by atoms with Crippen molar-refractivity contribution < 1.29 is 19.8 Å². The molecule has 24 heavy (non-hydrogen) atoms. The highest BCUT2D eigenvalue weighted by atomic mass is 16.4. The second-order valence-corrected chi connectivity index (χ2v) is 7.51. The van der Waals surface area contributed by atoms with Gasteiger partial charge in [0.15, 0.2) is 0 Å². The fourth-order valence-corrected chi connectivity index (χ4v) is 2.69. The molecular formula is C17H35N3O4. The summed E-state index contributed by atoms with van der Waals surface area (Å²) in [6.07, 6.45) is -0.488. The van der Waals surface area contributed by atoms with E-state index < -0.39 is 12.2 Å². The van der Waals surface area contributed by atoms with Crippen LogP contribution in [0, 0.1) is 11.8 Å². The molecule has 0 spiro atoms. The number of carbonyl (C=O) groups is 2. The van der Waals surface area contributed by atoms with Gasteiger partial charge in [0.1, 0.15) is 0 Å². The first-order valence-corrected chi connectivity index (χ1v) is 8.66. The molecule has 7 heteroatoms. The third-order valence-electron chi connectivity index (χ3n) is 3.68. The second kappa shape index (κ2) is 11.1. The zero-order chi connectivity index (χ0) is 18.9. The molecule has 142 valence electrons. The van der Waals surface area contributed by atoms with E-state index in [9.17, 15) is 19.8 Å². The highest BCUT2D eigenvalue weighted by molar-refractivity contribution is 5.67. The summed E-state index contributed by atoms with van der Waals surface area (Å²) in [5.41, 5.74) is 0. The van der Waals surface area contributed by atoms with E-state index in [4.69, 9.17) is 0 Å². The summed E-state index contributed by atoms with van der Waals surface area (Å²) in [6.45, 7) is 9.75. The van der Waals surface area contributed by atoms with E-state index in [0.717, 1.165) is 13.0 Å². The van der Waals surface area contributed by atoms with Gasteiger partial charge in [-0.2, -0.15) is 0 Å². The van der Waals surface area contributed by atoms with Gasteiger partial charge in [0.2, 0.25) is 0 Å². The number of hydrogen-bond acceptors (Lipinski definition) is 3. The SMILES string of the molecule is CC(C)CN(C[C@H](CCCN(C)C)N(CC(C)C)C(=O)O)C(=O)O. The van der Waals surface area contributed by atoms with Crippen molar-refractivity contribution in [2.45, 2.75) is 46.6 Å². The summed E-state index contributed by atoms with van der Waals surface area (Å²) in [5, 5.41) is 19.0. The fraction of sp³-hybridized carbons (Fsp3) is 0.882. The van der Waals surface area contributed by atoms with Crippen LogP contribution in [0.2, 0.25) is 0 Å². The van der Waals surface area contributed by atoms with E-state index >= 15 is 0 Å². The summed E-state index contributed by atoms with van der Waals surface area (Å²) in [5.74, 6) is 0.396. The van der Waals surface area contributed by atoms with Crippen LogP contribution in [0.4, 0.5) is 9.59 Å². The second-order valence-electron chi connectivity index (χ2n) is 7.51. The molecule has 1 atom stereocenters. The highest BCUT2D eigenvalue weighted by Gasteiger charge is 2.28. The van der Waals surface area contributed by atoms with Gasteiger partial charge in [0.05, 0.1) is 6.04 Å². The smallest absolute Gasteiger partial charge is 0.407 e. The van der Waals surface area contributed by atoms with Gasteiger partial charge in [-0.15, -0.1) is 0 Å². The Morgan fingerprint density at radius 3 is 1.79 bits per heavy atom. The standard InChI is InChI=1S/C17H35N3O4/c1-13(2)10-19(16(21)22)12-15(8-7-9-18(5)6)20(17(23)24)11-14(3)4/h13-15H,7-12H2,1-6H3,(H,21,22)(H,23,24)/t15-/m0/s1. The lowest BCUT2D eigenvalue weighted by Gasteiger charge is -2.34. The third kappa shape index (κ3) is 9.60. The van der Waals surface area contributed by atoms with Crippen LogP contribution in [-0.4, -0.2) is 83.4 Å². The van der Waals surface area contributed by atoms with Crippen LogP contribution in [-0.2, 0) is 0 Å². The highest BCUT2D eigenvalue weighted by Crippen LogP contribution is 2.14. The number of rotatable bonds is 11. The molecule has 0 aliphatic heterocycles. The number of nitrogens with zero attached hydrogens (tertiary/aromatic N) is 3. The largest absolute Gasteiger partial charge is 0.465 e. The number of hydrogen-bond donors (Lipinski definition) is 2.